The van der Waals surface area contributed by atoms with Gasteiger partial charge in [-0.15, -0.1) is 0 Å². The van der Waals surface area contributed by atoms with Crippen molar-refractivity contribution in [2.24, 2.45) is 5.73 Å². The van der Waals surface area contributed by atoms with Crippen molar-refractivity contribution in [3.63, 3.8) is 0 Å². The minimum absolute atomic E-state index is 0.0216. The van der Waals surface area contributed by atoms with Crippen molar-refractivity contribution in [1.82, 2.24) is 0 Å². The molecule has 0 aliphatic carbocycles. The number of aryl methyl sites for hydroxylation is 1. The molecule has 0 amide bonds. The second-order valence-corrected chi connectivity index (χ2v) is 2.10. The molecular weight excluding hydrogens is 130 g/mol. The maximum Gasteiger partial charge on any atom is 0.188 e. The third kappa shape index (κ3) is 1.25. The maximum atomic E-state index is 10.9. The SMILES string of the molecule is Cc1coc(CN)cc1=O. The van der Waals surface area contributed by atoms with Crippen molar-refractivity contribution in [3.05, 3.63) is 33.9 Å². The minimum atomic E-state index is -0.0216. The molecule has 3 nitrogen and oxygen atoms in total. The molecule has 0 atom stereocenters. The first-order valence-electron chi connectivity index (χ1n) is 3.02. The Morgan fingerprint density at radius 1 is 1.70 bits per heavy atom. The molecule has 0 bridgehead atoms. The van der Waals surface area contributed by atoms with Gasteiger partial charge in [0.25, 0.3) is 0 Å². The van der Waals surface area contributed by atoms with Gasteiger partial charge in [0.05, 0.1) is 12.8 Å². The summed E-state index contributed by atoms with van der Waals surface area (Å²) in [7, 11) is 0. The molecule has 1 heterocycles. The second kappa shape index (κ2) is 2.66. The Balaban J connectivity index is 3.17. The van der Waals surface area contributed by atoms with Crippen LogP contribution >= 0.6 is 0 Å². The van der Waals surface area contributed by atoms with Gasteiger partial charge in [0, 0.05) is 11.6 Å². The molecule has 0 radical (unpaired) electrons. The molecule has 1 rings (SSSR count). The molecule has 1 aromatic heterocycles. The molecule has 0 saturated heterocycles. The van der Waals surface area contributed by atoms with Crippen LogP contribution in [0.4, 0.5) is 0 Å². The van der Waals surface area contributed by atoms with E-state index in [0.29, 0.717) is 11.3 Å². The Labute approximate surface area is 58.5 Å². The van der Waals surface area contributed by atoms with Gasteiger partial charge < -0.3 is 10.2 Å². The summed E-state index contributed by atoms with van der Waals surface area (Å²) in [4.78, 5) is 10.9. The van der Waals surface area contributed by atoms with E-state index in [1.165, 1.54) is 12.3 Å². The van der Waals surface area contributed by atoms with Gasteiger partial charge in [-0.25, -0.2) is 0 Å². The number of hydrogen-bond donors (Lipinski definition) is 1. The molecule has 10 heavy (non-hydrogen) atoms. The van der Waals surface area contributed by atoms with Gasteiger partial charge in [-0.2, -0.15) is 0 Å². The molecule has 2 N–H and O–H groups in total. The molecule has 0 saturated carbocycles. The summed E-state index contributed by atoms with van der Waals surface area (Å²) in [5.41, 5.74) is 5.82. The summed E-state index contributed by atoms with van der Waals surface area (Å²) in [6, 6.07) is 1.41. The standard InChI is InChI=1S/C7H9NO2/c1-5-4-10-6(3-8)2-7(5)9/h2,4H,3,8H2,1H3. The average molecular weight is 139 g/mol. The topological polar surface area (TPSA) is 56.2 Å². The lowest BCUT2D eigenvalue weighted by Gasteiger charge is -1.93. The molecule has 0 fully saturated rings. The smallest absolute Gasteiger partial charge is 0.188 e. The zero-order valence-corrected chi connectivity index (χ0v) is 5.76. The molecular formula is C7H9NO2. The highest BCUT2D eigenvalue weighted by atomic mass is 16.3. The zero-order valence-electron chi connectivity index (χ0n) is 5.76. The summed E-state index contributed by atoms with van der Waals surface area (Å²) in [6.45, 7) is 1.97. The van der Waals surface area contributed by atoms with E-state index in [-0.39, 0.29) is 12.0 Å². The highest BCUT2D eigenvalue weighted by molar-refractivity contribution is 5.08. The van der Waals surface area contributed by atoms with Crippen LogP contribution in [0.15, 0.2) is 21.5 Å². The van der Waals surface area contributed by atoms with E-state index in [1.54, 1.807) is 6.92 Å². The molecule has 0 spiro atoms. The first-order valence-corrected chi connectivity index (χ1v) is 3.02. The Morgan fingerprint density at radius 2 is 2.40 bits per heavy atom. The van der Waals surface area contributed by atoms with Crippen LogP contribution in [-0.4, -0.2) is 0 Å². The number of nitrogens with two attached hydrogens (primary N) is 1. The van der Waals surface area contributed by atoms with E-state index in [9.17, 15) is 4.79 Å². The van der Waals surface area contributed by atoms with Crippen LogP contribution in [0.2, 0.25) is 0 Å². The van der Waals surface area contributed by atoms with Crippen LogP contribution < -0.4 is 11.2 Å². The number of hydrogen-bond acceptors (Lipinski definition) is 3. The van der Waals surface area contributed by atoms with E-state index in [1.807, 2.05) is 0 Å². The van der Waals surface area contributed by atoms with Gasteiger partial charge in [0.1, 0.15) is 5.76 Å². The molecule has 0 aromatic carbocycles. The van der Waals surface area contributed by atoms with Crippen molar-refractivity contribution in [2.75, 3.05) is 0 Å². The highest BCUT2D eigenvalue weighted by Crippen LogP contribution is 1.94. The van der Waals surface area contributed by atoms with E-state index in [4.69, 9.17) is 10.2 Å². The Bertz CT molecular complexity index is 277. The quantitative estimate of drug-likeness (QED) is 0.613. The van der Waals surface area contributed by atoms with Crippen LogP contribution in [0.5, 0.6) is 0 Å². The van der Waals surface area contributed by atoms with Crippen molar-refractivity contribution < 1.29 is 4.42 Å². The van der Waals surface area contributed by atoms with Crippen LogP contribution in [-0.2, 0) is 6.54 Å². The lowest BCUT2D eigenvalue weighted by Crippen LogP contribution is -2.06. The largest absolute Gasteiger partial charge is 0.467 e. The summed E-state index contributed by atoms with van der Waals surface area (Å²) < 4.78 is 4.96. The monoisotopic (exact) mass is 139 g/mol. The van der Waals surface area contributed by atoms with Gasteiger partial charge >= 0.3 is 0 Å². The third-order valence-electron chi connectivity index (χ3n) is 1.27. The lowest BCUT2D eigenvalue weighted by molar-refractivity contribution is 0.489. The number of rotatable bonds is 1. The molecule has 3 heteroatoms. The van der Waals surface area contributed by atoms with Crippen LogP contribution in [0, 0.1) is 6.92 Å². The predicted octanol–water partition coefficient (Wildman–Crippen LogP) is 0.407. The Kier molecular flexibility index (Phi) is 1.87. The fourth-order valence-corrected chi connectivity index (χ4v) is 0.623. The van der Waals surface area contributed by atoms with Gasteiger partial charge in [-0.05, 0) is 6.92 Å². The van der Waals surface area contributed by atoms with Crippen molar-refractivity contribution in [1.29, 1.82) is 0 Å². The molecule has 0 unspecified atom stereocenters. The summed E-state index contributed by atoms with van der Waals surface area (Å²) >= 11 is 0. The van der Waals surface area contributed by atoms with Crippen molar-refractivity contribution >= 4 is 0 Å². The van der Waals surface area contributed by atoms with Gasteiger partial charge in [0.15, 0.2) is 5.43 Å². The van der Waals surface area contributed by atoms with Gasteiger partial charge in [0.2, 0.25) is 0 Å². The summed E-state index contributed by atoms with van der Waals surface area (Å²) in [5.74, 6) is 0.524. The van der Waals surface area contributed by atoms with Crippen LogP contribution in [0.1, 0.15) is 11.3 Å². The van der Waals surface area contributed by atoms with Crippen LogP contribution in [0.3, 0.4) is 0 Å². The zero-order chi connectivity index (χ0) is 7.56. The minimum Gasteiger partial charge on any atom is -0.467 e. The van der Waals surface area contributed by atoms with E-state index < -0.39 is 0 Å². The maximum absolute atomic E-state index is 10.9. The van der Waals surface area contributed by atoms with Gasteiger partial charge in [-0.1, -0.05) is 0 Å². The lowest BCUT2D eigenvalue weighted by atomic mass is 10.3. The highest BCUT2D eigenvalue weighted by Gasteiger charge is 1.95. The molecule has 54 valence electrons. The Hall–Kier alpha value is -1.09. The fraction of sp³-hybridized carbons (Fsp3) is 0.286. The normalized spacial score (nSPS) is 9.80. The fourth-order valence-electron chi connectivity index (χ4n) is 0.623. The van der Waals surface area contributed by atoms with Gasteiger partial charge in [-0.3, -0.25) is 4.79 Å². The first kappa shape index (κ1) is 7.02. The summed E-state index contributed by atoms with van der Waals surface area (Å²) in [5, 5.41) is 0. The summed E-state index contributed by atoms with van der Waals surface area (Å²) in [6.07, 6.45) is 1.42. The van der Waals surface area contributed by atoms with Crippen LogP contribution in [0.25, 0.3) is 0 Å². The van der Waals surface area contributed by atoms with E-state index in [0.717, 1.165) is 0 Å². The molecule has 1 aromatic rings. The molecule has 0 aliphatic heterocycles. The average Bonchev–Trinajstić information content (AvgIpc) is 1.95. The second-order valence-electron chi connectivity index (χ2n) is 2.10. The van der Waals surface area contributed by atoms with Crippen molar-refractivity contribution in [3.8, 4) is 0 Å². The predicted molar refractivity (Wildman–Crippen MR) is 37.6 cm³/mol. The molecule has 0 aliphatic rings. The third-order valence-corrected chi connectivity index (χ3v) is 1.27. The Morgan fingerprint density at radius 3 is 2.90 bits per heavy atom. The van der Waals surface area contributed by atoms with Crippen molar-refractivity contribution in [2.45, 2.75) is 13.5 Å². The van der Waals surface area contributed by atoms with E-state index >= 15 is 0 Å². The first-order chi connectivity index (χ1) is 4.74. The van der Waals surface area contributed by atoms with E-state index in [2.05, 4.69) is 0 Å².